The zero-order valence-electron chi connectivity index (χ0n) is 19.9. The van der Waals surface area contributed by atoms with Gasteiger partial charge in [-0.1, -0.05) is 84.9 Å². The first-order valence-corrected chi connectivity index (χ1v) is 13.4. The predicted octanol–water partition coefficient (Wildman–Crippen LogP) is 5.02. The van der Waals surface area contributed by atoms with Gasteiger partial charge in [0.1, 0.15) is 29.3 Å². The highest BCUT2D eigenvalue weighted by atomic mass is 31.2. The summed E-state index contributed by atoms with van der Waals surface area (Å²) < 4.78 is 4.98. The molecule has 4 nitrogen and oxygen atoms in total. The molecule has 174 valence electrons. The fourth-order valence-electron chi connectivity index (χ4n) is 4.19. The summed E-state index contributed by atoms with van der Waals surface area (Å²) in [6, 6.07) is 41.2. The topological polar surface area (TPSA) is 51.0 Å². The summed E-state index contributed by atoms with van der Waals surface area (Å²) in [6.07, 6.45) is 0.692. The molecule has 0 saturated heterocycles. The summed E-state index contributed by atoms with van der Waals surface area (Å²) in [7, 11) is -0.733. The van der Waals surface area contributed by atoms with Crippen molar-refractivity contribution in [1.29, 1.82) is 0 Å². The molecule has 0 amide bonds. The Balaban J connectivity index is 1.85. The lowest BCUT2D eigenvalue weighted by Gasteiger charge is -2.27. The maximum absolute atomic E-state index is 12.5. The number of methoxy groups -OCH3 is 1. The second kappa shape index (κ2) is 11.5. The molecule has 0 spiro atoms. The molecule has 0 aromatic heterocycles. The van der Waals surface area contributed by atoms with Gasteiger partial charge in [0.25, 0.3) is 0 Å². The number of carbonyl (C=O) groups excluding carboxylic acids is 1. The number of rotatable bonds is 8. The van der Waals surface area contributed by atoms with Crippen molar-refractivity contribution in [1.82, 2.24) is 0 Å². The average molecular weight is 480 g/mol. The van der Waals surface area contributed by atoms with E-state index >= 15 is 0 Å². The average Bonchev–Trinajstić information content (AvgIpc) is 2.93. The van der Waals surface area contributed by atoms with E-state index in [4.69, 9.17) is 4.74 Å². The minimum Gasteiger partial charge on any atom is -0.464 e. The van der Waals surface area contributed by atoms with Gasteiger partial charge in [0.15, 0.2) is 5.71 Å². The second-order valence-electron chi connectivity index (χ2n) is 8.12. The van der Waals surface area contributed by atoms with Crippen molar-refractivity contribution in [3.8, 4) is 0 Å². The van der Waals surface area contributed by atoms with E-state index in [1.165, 1.54) is 23.0 Å². The van der Waals surface area contributed by atoms with Crippen LogP contribution in [-0.2, 0) is 9.53 Å². The molecular formula is C30H28N2O2P+. The number of nitrogens with zero attached hydrogens (tertiary/aromatic N) is 2. The van der Waals surface area contributed by atoms with Crippen LogP contribution in [0.1, 0.15) is 12.5 Å². The predicted molar refractivity (Wildman–Crippen MR) is 148 cm³/mol. The maximum Gasteiger partial charge on any atom is 0.359 e. The van der Waals surface area contributed by atoms with Gasteiger partial charge in [0, 0.05) is 5.56 Å². The molecule has 35 heavy (non-hydrogen) atoms. The summed E-state index contributed by atoms with van der Waals surface area (Å²) in [5.74, 6) is -0.511. The van der Waals surface area contributed by atoms with Crippen LogP contribution >= 0.6 is 7.26 Å². The van der Waals surface area contributed by atoms with Gasteiger partial charge in [-0.3, -0.25) is 0 Å². The lowest BCUT2D eigenvalue weighted by Crippen LogP contribution is -2.35. The van der Waals surface area contributed by atoms with Crippen molar-refractivity contribution >= 4 is 40.6 Å². The molecule has 0 N–H and O–H groups in total. The Kier molecular flexibility index (Phi) is 7.97. The molecule has 0 radical (unpaired) electrons. The zero-order chi connectivity index (χ0) is 24.5. The van der Waals surface area contributed by atoms with Gasteiger partial charge in [-0.25, -0.2) is 4.79 Å². The third-order valence-electron chi connectivity index (χ3n) is 5.80. The standard InChI is InChI=1S/C30H28N2O2P/c1-24(31-32-29(30(33)34-2)25-15-7-3-8-16-25)23-35(26-17-9-4-10-18-26,27-19-11-5-12-20-27)28-21-13-6-14-22-28/h3-22H,23H2,1-2H3/q+1/b31-24-,32-29-. The van der Waals surface area contributed by atoms with E-state index in [0.717, 1.165) is 5.71 Å². The molecule has 0 unspecified atom stereocenters. The third kappa shape index (κ3) is 5.45. The van der Waals surface area contributed by atoms with Crippen molar-refractivity contribution in [2.45, 2.75) is 6.92 Å². The molecule has 0 fully saturated rings. The lowest BCUT2D eigenvalue weighted by molar-refractivity contribution is -0.132. The first kappa shape index (κ1) is 24.3. The fraction of sp³-hybridized carbons (Fsp3) is 0.100. The SMILES string of the molecule is COC(=O)/C(=N\N=C(\C)C[P+](c1ccccc1)(c1ccccc1)c1ccccc1)c1ccccc1. The number of benzene rings is 4. The van der Waals surface area contributed by atoms with Crippen LogP contribution in [0, 0.1) is 0 Å². The van der Waals surface area contributed by atoms with Crippen molar-refractivity contribution < 1.29 is 9.53 Å². The van der Waals surface area contributed by atoms with Crippen LogP contribution in [0.5, 0.6) is 0 Å². The highest BCUT2D eigenvalue weighted by Crippen LogP contribution is 2.55. The van der Waals surface area contributed by atoms with Gasteiger partial charge in [-0.15, -0.1) is 5.10 Å². The van der Waals surface area contributed by atoms with Crippen LogP contribution in [-0.4, -0.2) is 30.7 Å². The van der Waals surface area contributed by atoms with Crippen LogP contribution in [0.3, 0.4) is 0 Å². The Bertz CT molecular complexity index is 1210. The smallest absolute Gasteiger partial charge is 0.359 e. The molecule has 0 aliphatic heterocycles. The number of ether oxygens (including phenoxy) is 1. The van der Waals surface area contributed by atoms with E-state index in [9.17, 15) is 4.79 Å². The molecule has 0 atom stereocenters. The summed E-state index contributed by atoms with van der Waals surface area (Å²) in [5, 5.41) is 12.8. The molecule has 4 aromatic rings. The van der Waals surface area contributed by atoms with E-state index in [2.05, 4.69) is 83.0 Å². The zero-order valence-corrected chi connectivity index (χ0v) is 20.8. The molecule has 4 aromatic carbocycles. The monoisotopic (exact) mass is 479 g/mol. The van der Waals surface area contributed by atoms with Crippen molar-refractivity contribution in [3.63, 3.8) is 0 Å². The summed E-state index contributed by atoms with van der Waals surface area (Å²) >= 11 is 0. The molecule has 0 bridgehead atoms. The highest BCUT2D eigenvalue weighted by Gasteiger charge is 2.45. The second-order valence-corrected chi connectivity index (χ2v) is 11.6. The van der Waals surface area contributed by atoms with Crippen LogP contribution in [0.2, 0.25) is 0 Å². The maximum atomic E-state index is 12.5. The molecular weight excluding hydrogens is 451 g/mol. The highest BCUT2D eigenvalue weighted by molar-refractivity contribution is 7.96. The quantitative estimate of drug-likeness (QED) is 0.154. The van der Waals surface area contributed by atoms with Crippen molar-refractivity contribution in [2.24, 2.45) is 10.2 Å². The summed E-state index contributed by atoms with van der Waals surface area (Å²) in [4.78, 5) is 12.5. The Hall–Kier alpha value is -3.88. The Morgan fingerprint density at radius 1 is 0.657 bits per heavy atom. The van der Waals surface area contributed by atoms with E-state index in [1.54, 1.807) is 0 Å². The van der Waals surface area contributed by atoms with Crippen molar-refractivity contribution in [2.75, 3.05) is 13.3 Å². The Morgan fingerprint density at radius 3 is 1.46 bits per heavy atom. The van der Waals surface area contributed by atoms with E-state index in [0.29, 0.717) is 11.7 Å². The van der Waals surface area contributed by atoms with E-state index < -0.39 is 13.2 Å². The molecule has 0 aliphatic carbocycles. The number of hydrogen-bond donors (Lipinski definition) is 0. The van der Waals surface area contributed by atoms with Gasteiger partial charge in [0.05, 0.1) is 12.8 Å². The Morgan fingerprint density at radius 2 is 1.06 bits per heavy atom. The first-order chi connectivity index (χ1) is 17.1. The lowest BCUT2D eigenvalue weighted by atomic mass is 10.1. The molecule has 0 heterocycles. The van der Waals surface area contributed by atoms with Gasteiger partial charge < -0.3 is 4.74 Å². The summed E-state index contributed by atoms with van der Waals surface area (Å²) in [5.41, 5.74) is 1.70. The largest absolute Gasteiger partial charge is 0.464 e. The first-order valence-electron chi connectivity index (χ1n) is 11.4. The van der Waals surface area contributed by atoms with Gasteiger partial charge in [-0.2, -0.15) is 5.10 Å². The Labute approximate surface area is 207 Å². The molecule has 0 saturated carbocycles. The molecule has 0 aliphatic rings. The van der Waals surface area contributed by atoms with Crippen LogP contribution < -0.4 is 15.9 Å². The fourth-order valence-corrected chi connectivity index (χ4v) is 8.42. The minimum atomic E-state index is -2.09. The van der Waals surface area contributed by atoms with E-state index in [-0.39, 0.29) is 5.71 Å². The van der Waals surface area contributed by atoms with Gasteiger partial charge in [-0.05, 0) is 43.3 Å². The third-order valence-corrected chi connectivity index (χ3v) is 10.3. The minimum absolute atomic E-state index is 0.190. The molecule has 5 heteroatoms. The number of carbonyl (C=O) groups is 1. The van der Waals surface area contributed by atoms with Crippen LogP contribution in [0.4, 0.5) is 0 Å². The van der Waals surface area contributed by atoms with Crippen LogP contribution in [0.25, 0.3) is 0 Å². The van der Waals surface area contributed by atoms with Gasteiger partial charge in [0.2, 0.25) is 0 Å². The molecule has 4 rings (SSSR count). The number of hydrogen-bond acceptors (Lipinski definition) is 4. The van der Waals surface area contributed by atoms with E-state index in [1.807, 2.05) is 55.5 Å². The normalized spacial score (nSPS) is 12.3. The summed E-state index contributed by atoms with van der Waals surface area (Å²) in [6.45, 7) is 1.98. The van der Waals surface area contributed by atoms with Crippen LogP contribution in [0.15, 0.2) is 132 Å². The number of esters is 1. The van der Waals surface area contributed by atoms with Crippen molar-refractivity contribution in [3.05, 3.63) is 127 Å². The van der Waals surface area contributed by atoms with Gasteiger partial charge >= 0.3 is 5.97 Å².